The number of hydrogen-bond acceptors (Lipinski definition) is 3. The van der Waals surface area contributed by atoms with Gasteiger partial charge in [-0.2, -0.15) is 0 Å². The Hall–Kier alpha value is -1.58. The lowest BCUT2D eigenvalue weighted by atomic mass is 9.78. The molecule has 0 amide bonds. The summed E-state index contributed by atoms with van der Waals surface area (Å²) < 4.78 is 0. The van der Waals surface area contributed by atoms with Gasteiger partial charge in [-0.1, -0.05) is 32.8 Å². The van der Waals surface area contributed by atoms with Gasteiger partial charge in [0.15, 0.2) is 0 Å². The highest BCUT2D eigenvalue weighted by atomic mass is 16.6. The van der Waals surface area contributed by atoms with Crippen LogP contribution in [0.25, 0.3) is 0 Å². The lowest BCUT2D eigenvalue weighted by molar-refractivity contribution is -0.384. The Balaban J connectivity index is 2.10. The van der Waals surface area contributed by atoms with E-state index >= 15 is 0 Å². The summed E-state index contributed by atoms with van der Waals surface area (Å²) in [6.45, 7) is 4.52. The summed E-state index contributed by atoms with van der Waals surface area (Å²) in [5.41, 5.74) is 1.02. The summed E-state index contributed by atoms with van der Waals surface area (Å²) in [4.78, 5) is 10.5. The van der Waals surface area contributed by atoms with E-state index in [4.69, 9.17) is 0 Å². The first-order valence-electron chi connectivity index (χ1n) is 7.09. The van der Waals surface area contributed by atoms with Crippen LogP contribution in [0.3, 0.4) is 0 Å². The first-order chi connectivity index (χ1) is 9.08. The van der Waals surface area contributed by atoms with E-state index in [1.807, 2.05) is 6.07 Å². The number of hydrogen-bond donors (Lipinski definition) is 1. The van der Waals surface area contributed by atoms with Crippen molar-refractivity contribution in [3.05, 3.63) is 34.4 Å². The SMILES string of the molecule is CC(C)C1CCCCC1Nc1cccc([N+](=O)[O-])c1. The average Bonchev–Trinajstić information content (AvgIpc) is 2.39. The summed E-state index contributed by atoms with van der Waals surface area (Å²) in [5.74, 6) is 1.31. The molecular weight excluding hydrogens is 240 g/mol. The summed E-state index contributed by atoms with van der Waals surface area (Å²) in [7, 11) is 0. The summed E-state index contributed by atoms with van der Waals surface area (Å²) in [6, 6.07) is 7.26. The molecule has 104 valence electrons. The molecule has 2 rings (SSSR count). The van der Waals surface area contributed by atoms with Gasteiger partial charge in [-0.3, -0.25) is 10.1 Å². The molecule has 0 aliphatic heterocycles. The van der Waals surface area contributed by atoms with Crippen LogP contribution in [-0.2, 0) is 0 Å². The van der Waals surface area contributed by atoms with Gasteiger partial charge in [-0.25, -0.2) is 0 Å². The Morgan fingerprint density at radius 2 is 2.05 bits per heavy atom. The van der Waals surface area contributed by atoms with Crippen molar-refractivity contribution in [2.45, 2.75) is 45.6 Å². The largest absolute Gasteiger partial charge is 0.382 e. The topological polar surface area (TPSA) is 55.2 Å². The molecule has 19 heavy (non-hydrogen) atoms. The molecule has 4 nitrogen and oxygen atoms in total. The summed E-state index contributed by atoms with van der Waals surface area (Å²) in [6.07, 6.45) is 4.96. The minimum absolute atomic E-state index is 0.155. The van der Waals surface area contributed by atoms with Gasteiger partial charge in [0, 0.05) is 23.9 Å². The molecule has 1 aromatic rings. The number of nitrogens with one attached hydrogen (secondary N) is 1. The highest BCUT2D eigenvalue weighted by molar-refractivity contribution is 5.51. The molecule has 0 saturated heterocycles. The molecule has 2 atom stereocenters. The number of rotatable bonds is 4. The molecule has 1 fully saturated rings. The van der Waals surface area contributed by atoms with E-state index in [0.717, 1.165) is 12.1 Å². The van der Waals surface area contributed by atoms with Crippen molar-refractivity contribution in [1.82, 2.24) is 0 Å². The summed E-state index contributed by atoms with van der Waals surface area (Å²) >= 11 is 0. The zero-order valence-corrected chi connectivity index (χ0v) is 11.6. The zero-order valence-electron chi connectivity index (χ0n) is 11.6. The maximum absolute atomic E-state index is 10.8. The number of nitrogens with zero attached hydrogens (tertiary/aromatic N) is 1. The van der Waals surface area contributed by atoms with Gasteiger partial charge in [-0.15, -0.1) is 0 Å². The van der Waals surface area contributed by atoms with Crippen molar-refractivity contribution >= 4 is 11.4 Å². The van der Waals surface area contributed by atoms with Crippen LogP contribution in [0.5, 0.6) is 0 Å². The maximum Gasteiger partial charge on any atom is 0.271 e. The van der Waals surface area contributed by atoms with Crippen molar-refractivity contribution in [2.24, 2.45) is 11.8 Å². The normalized spacial score (nSPS) is 23.3. The smallest absolute Gasteiger partial charge is 0.271 e. The molecule has 1 aliphatic carbocycles. The van der Waals surface area contributed by atoms with Crippen LogP contribution in [0.15, 0.2) is 24.3 Å². The first-order valence-corrected chi connectivity index (χ1v) is 7.09. The fourth-order valence-electron chi connectivity index (χ4n) is 3.06. The standard InChI is InChI=1S/C15H22N2O2/c1-11(2)14-8-3-4-9-15(14)16-12-6-5-7-13(10-12)17(18)19/h5-7,10-11,14-16H,3-4,8-9H2,1-2H3. The van der Waals surface area contributed by atoms with E-state index in [-0.39, 0.29) is 10.6 Å². The predicted molar refractivity (Wildman–Crippen MR) is 77.3 cm³/mol. The van der Waals surface area contributed by atoms with Crippen molar-refractivity contribution in [3.63, 3.8) is 0 Å². The van der Waals surface area contributed by atoms with Crippen molar-refractivity contribution in [2.75, 3.05) is 5.32 Å². The molecule has 0 aromatic heterocycles. The molecule has 1 aliphatic rings. The molecule has 1 saturated carbocycles. The maximum atomic E-state index is 10.8. The molecule has 4 heteroatoms. The van der Waals surface area contributed by atoms with Crippen LogP contribution in [0.2, 0.25) is 0 Å². The molecule has 1 aromatic carbocycles. The van der Waals surface area contributed by atoms with Crippen LogP contribution < -0.4 is 5.32 Å². The lowest BCUT2D eigenvalue weighted by Crippen LogP contribution is -2.35. The first kappa shape index (κ1) is 13.8. The van der Waals surface area contributed by atoms with E-state index < -0.39 is 0 Å². The van der Waals surface area contributed by atoms with Gasteiger partial charge in [0.25, 0.3) is 5.69 Å². The Morgan fingerprint density at radius 1 is 1.32 bits per heavy atom. The second-order valence-corrected chi connectivity index (χ2v) is 5.75. The third-order valence-corrected chi connectivity index (χ3v) is 4.08. The van der Waals surface area contributed by atoms with Crippen LogP contribution in [0.4, 0.5) is 11.4 Å². The Bertz CT molecular complexity index is 446. The number of nitro groups is 1. The van der Waals surface area contributed by atoms with Gasteiger partial charge < -0.3 is 5.32 Å². The monoisotopic (exact) mass is 262 g/mol. The van der Waals surface area contributed by atoms with Gasteiger partial charge in [0.2, 0.25) is 0 Å². The van der Waals surface area contributed by atoms with Crippen molar-refractivity contribution in [3.8, 4) is 0 Å². The van der Waals surface area contributed by atoms with Gasteiger partial charge in [0.1, 0.15) is 0 Å². The fourth-order valence-corrected chi connectivity index (χ4v) is 3.06. The number of non-ortho nitro benzene ring substituents is 1. The third kappa shape index (κ3) is 3.46. The van der Waals surface area contributed by atoms with E-state index in [2.05, 4.69) is 19.2 Å². The molecule has 0 bridgehead atoms. The highest BCUT2D eigenvalue weighted by Gasteiger charge is 2.27. The van der Waals surface area contributed by atoms with Crippen LogP contribution in [0, 0.1) is 22.0 Å². The van der Waals surface area contributed by atoms with E-state index in [0.29, 0.717) is 17.9 Å². The minimum atomic E-state index is -0.341. The van der Waals surface area contributed by atoms with Crippen LogP contribution in [0.1, 0.15) is 39.5 Å². The van der Waals surface area contributed by atoms with Crippen molar-refractivity contribution < 1.29 is 4.92 Å². The molecule has 0 spiro atoms. The van der Waals surface area contributed by atoms with Gasteiger partial charge in [-0.05, 0) is 30.7 Å². The fraction of sp³-hybridized carbons (Fsp3) is 0.600. The van der Waals surface area contributed by atoms with Gasteiger partial charge in [0.05, 0.1) is 4.92 Å². The molecule has 0 heterocycles. The predicted octanol–water partition coefficient (Wildman–Crippen LogP) is 4.22. The average molecular weight is 262 g/mol. The third-order valence-electron chi connectivity index (χ3n) is 4.08. The number of nitro benzene ring substituents is 1. The molecule has 2 unspecified atom stereocenters. The summed E-state index contributed by atoms with van der Waals surface area (Å²) in [5, 5.41) is 14.3. The Kier molecular flexibility index (Phi) is 4.40. The van der Waals surface area contributed by atoms with E-state index in [9.17, 15) is 10.1 Å². The van der Waals surface area contributed by atoms with Gasteiger partial charge >= 0.3 is 0 Å². The molecule has 0 radical (unpaired) electrons. The van der Waals surface area contributed by atoms with E-state index in [1.165, 1.54) is 25.3 Å². The minimum Gasteiger partial charge on any atom is -0.382 e. The molecular formula is C15H22N2O2. The van der Waals surface area contributed by atoms with Crippen LogP contribution in [-0.4, -0.2) is 11.0 Å². The van der Waals surface area contributed by atoms with Crippen LogP contribution >= 0.6 is 0 Å². The quantitative estimate of drug-likeness (QED) is 0.653. The second-order valence-electron chi connectivity index (χ2n) is 5.75. The number of benzene rings is 1. The van der Waals surface area contributed by atoms with Crippen molar-refractivity contribution in [1.29, 1.82) is 0 Å². The highest BCUT2D eigenvalue weighted by Crippen LogP contribution is 2.32. The second kappa shape index (κ2) is 6.04. The Labute approximate surface area is 114 Å². The van der Waals surface area contributed by atoms with E-state index in [1.54, 1.807) is 12.1 Å². The lowest BCUT2D eigenvalue weighted by Gasteiger charge is -2.35. The Morgan fingerprint density at radius 3 is 2.74 bits per heavy atom. The molecule has 1 N–H and O–H groups in total. The zero-order chi connectivity index (χ0) is 13.8. The number of anilines is 1.